The van der Waals surface area contributed by atoms with Crippen molar-refractivity contribution in [2.75, 3.05) is 6.61 Å². The van der Waals surface area contributed by atoms with Crippen molar-refractivity contribution >= 4 is 40.4 Å². The van der Waals surface area contributed by atoms with Crippen LogP contribution in [0.2, 0.25) is 10.0 Å². The third-order valence-corrected chi connectivity index (χ3v) is 4.15. The summed E-state index contributed by atoms with van der Waals surface area (Å²) in [6, 6.07) is 6.79. The summed E-state index contributed by atoms with van der Waals surface area (Å²) in [5.74, 6) is 5.06. The first-order valence-electron chi connectivity index (χ1n) is 6.01. The second kappa shape index (κ2) is 7.48. The van der Waals surface area contributed by atoms with Gasteiger partial charge >= 0.3 is 0 Å². The Morgan fingerprint density at radius 1 is 1.33 bits per heavy atom. The number of nitrogens with one attached hydrogen (secondary N) is 1. The van der Waals surface area contributed by atoms with Gasteiger partial charge in [-0.25, -0.2) is 0 Å². The van der Waals surface area contributed by atoms with E-state index in [0.717, 1.165) is 10.4 Å². The monoisotopic (exact) mass is 339 g/mol. The maximum Gasteiger partial charge on any atom is 0.254 e. The first kappa shape index (κ1) is 15.9. The molecule has 0 bridgehead atoms. The van der Waals surface area contributed by atoms with Crippen LogP contribution in [0.1, 0.15) is 20.8 Å². The molecule has 0 atom stereocenters. The number of halogens is 2. The highest BCUT2D eigenvalue weighted by atomic mass is 35.5. The number of hydrogen-bond acceptors (Lipinski definition) is 3. The molecule has 2 N–H and O–H groups in total. The fraction of sp³-hybridized carbons (Fsp3) is 0.133. The highest BCUT2D eigenvalue weighted by molar-refractivity contribution is 7.10. The number of rotatable bonds is 3. The van der Waals surface area contributed by atoms with E-state index in [9.17, 15) is 4.79 Å². The number of hydrogen-bond donors (Lipinski definition) is 2. The molecular weight excluding hydrogens is 329 g/mol. The van der Waals surface area contributed by atoms with E-state index in [-0.39, 0.29) is 18.1 Å². The lowest BCUT2D eigenvalue weighted by Gasteiger charge is -2.07. The van der Waals surface area contributed by atoms with Gasteiger partial charge < -0.3 is 10.4 Å². The number of carbonyl (C=O) groups excluding carboxylic acids is 1. The quantitative estimate of drug-likeness (QED) is 0.842. The fourth-order valence-corrected chi connectivity index (χ4v) is 2.98. The normalized spacial score (nSPS) is 9.86. The maximum absolute atomic E-state index is 12.1. The molecule has 1 heterocycles. The van der Waals surface area contributed by atoms with E-state index in [4.69, 9.17) is 28.3 Å². The summed E-state index contributed by atoms with van der Waals surface area (Å²) in [5, 5.41) is 13.9. The predicted molar refractivity (Wildman–Crippen MR) is 85.9 cm³/mol. The van der Waals surface area contributed by atoms with Crippen molar-refractivity contribution in [1.29, 1.82) is 0 Å². The lowest BCUT2D eigenvalue weighted by molar-refractivity contribution is 0.0951. The van der Waals surface area contributed by atoms with Crippen molar-refractivity contribution in [2.45, 2.75) is 6.54 Å². The molecule has 0 unspecified atom stereocenters. The minimum Gasteiger partial charge on any atom is -0.384 e. The Kier molecular flexibility index (Phi) is 5.66. The van der Waals surface area contributed by atoms with E-state index in [2.05, 4.69) is 17.2 Å². The fourth-order valence-electron chi connectivity index (χ4n) is 1.65. The SMILES string of the molecule is O=C(NCc1cc(C#CCO)cs1)c1c(Cl)cccc1Cl. The van der Waals surface area contributed by atoms with Crippen molar-refractivity contribution in [1.82, 2.24) is 5.32 Å². The molecule has 108 valence electrons. The molecule has 0 saturated heterocycles. The highest BCUT2D eigenvalue weighted by Crippen LogP contribution is 2.24. The molecule has 0 saturated carbocycles. The first-order valence-corrected chi connectivity index (χ1v) is 7.64. The van der Waals surface area contributed by atoms with Gasteiger partial charge in [0, 0.05) is 15.8 Å². The topological polar surface area (TPSA) is 49.3 Å². The summed E-state index contributed by atoms with van der Waals surface area (Å²) in [7, 11) is 0. The van der Waals surface area contributed by atoms with Crippen LogP contribution in [0.5, 0.6) is 0 Å². The van der Waals surface area contributed by atoms with E-state index in [1.807, 2.05) is 11.4 Å². The maximum atomic E-state index is 12.1. The Balaban J connectivity index is 2.03. The van der Waals surface area contributed by atoms with Gasteiger partial charge in [-0.15, -0.1) is 11.3 Å². The molecule has 3 nitrogen and oxygen atoms in total. The second-order valence-corrected chi connectivity index (χ2v) is 5.85. The van der Waals surface area contributed by atoms with Gasteiger partial charge in [-0.05, 0) is 18.2 Å². The van der Waals surface area contributed by atoms with Crippen LogP contribution in [0, 0.1) is 11.8 Å². The van der Waals surface area contributed by atoms with E-state index >= 15 is 0 Å². The van der Waals surface area contributed by atoms with Crippen molar-refractivity contribution in [3.05, 3.63) is 55.7 Å². The van der Waals surface area contributed by atoms with Crippen molar-refractivity contribution in [2.24, 2.45) is 0 Å². The smallest absolute Gasteiger partial charge is 0.254 e. The van der Waals surface area contributed by atoms with Crippen LogP contribution in [0.25, 0.3) is 0 Å². The van der Waals surface area contributed by atoms with Gasteiger partial charge in [-0.3, -0.25) is 4.79 Å². The molecule has 0 aliphatic carbocycles. The van der Waals surface area contributed by atoms with Gasteiger partial charge in [0.2, 0.25) is 0 Å². The molecule has 2 rings (SSSR count). The zero-order valence-electron chi connectivity index (χ0n) is 10.8. The lowest BCUT2D eigenvalue weighted by Crippen LogP contribution is -2.23. The number of amides is 1. The van der Waals surface area contributed by atoms with Crippen molar-refractivity contribution in [3.8, 4) is 11.8 Å². The number of carbonyl (C=O) groups is 1. The number of aliphatic hydroxyl groups is 1. The van der Waals surface area contributed by atoms with Gasteiger partial charge in [-0.2, -0.15) is 0 Å². The zero-order valence-corrected chi connectivity index (χ0v) is 13.1. The largest absolute Gasteiger partial charge is 0.384 e. The van der Waals surface area contributed by atoms with Crippen LogP contribution >= 0.6 is 34.5 Å². The number of benzene rings is 1. The lowest BCUT2D eigenvalue weighted by atomic mass is 10.2. The summed E-state index contributed by atoms with van der Waals surface area (Å²) in [4.78, 5) is 13.1. The minimum absolute atomic E-state index is 0.174. The van der Waals surface area contributed by atoms with Gasteiger partial charge in [-0.1, -0.05) is 41.1 Å². The van der Waals surface area contributed by atoms with Crippen LogP contribution < -0.4 is 5.32 Å². The zero-order chi connectivity index (χ0) is 15.2. The third kappa shape index (κ3) is 4.23. The molecule has 0 fully saturated rings. The first-order chi connectivity index (χ1) is 10.1. The average Bonchev–Trinajstić information content (AvgIpc) is 2.90. The summed E-state index contributed by atoms with van der Waals surface area (Å²) < 4.78 is 0. The minimum atomic E-state index is -0.318. The average molecular weight is 340 g/mol. The molecular formula is C15H11Cl2NO2S. The summed E-state index contributed by atoms with van der Waals surface area (Å²) >= 11 is 13.4. The Morgan fingerprint density at radius 2 is 2.05 bits per heavy atom. The molecule has 1 amide bonds. The predicted octanol–water partition coefficient (Wildman–Crippen LogP) is 3.33. The van der Waals surface area contributed by atoms with Crippen LogP contribution in [0.15, 0.2) is 29.6 Å². The molecule has 6 heteroatoms. The molecule has 2 aromatic rings. The van der Waals surface area contributed by atoms with Crippen LogP contribution in [0.3, 0.4) is 0 Å². The Morgan fingerprint density at radius 3 is 2.71 bits per heavy atom. The number of aliphatic hydroxyl groups excluding tert-OH is 1. The summed E-state index contributed by atoms with van der Waals surface area (Å²) in [6.45, 7) is 0.193. The van der Waals surface area contributed by atoms with E-state index in [1.165, 1.54) is 11.3 Å². The molecule has 0 aliphatic rings. The van der Waals surface area contributed by atoms with Crippen LogP contribution in [-0.4, -0.2) is 17.6 Å². The molecule has 0 spiro atoms. The van der Waals surface area contributed by atoms with Crippen LogP contribution in [0.4, 0.5) is 0 Å². The Labute approximate surface area is 136 Å². The summed E-state index contributed by atoms with van der Waals surface area (Å²) in [6.07, 6.45) is 0. The standard InChI is InChI=1S/C15H11Cl2NO2S/c16-12-4-1-5-13(17)14(12)15(20)18-8-11-7-10(9-21-11)3-2-6-19/h1,4-5,7,9,19H,6,8H2,(H,18,20). The van der Waals surface area contributed by atoms with Crippen LogP contribution in [-0.2, 0) is 6.54 Å². The summed E-state index contributed by atoms with van der Waals surface area (Å²) in [5.41, 5.74) is 1.09. The second-order valence-electron chi connectivity index (χ2n) is 4.04. The van der Waals surface area contributed by atoms with E-state index < -0.39 is 0 Å². The van der Waals surface area contributed by atoms with Gasteiger partial charge in [0.15, 0.2) is 0 Å². The van der Waals surface area contributed by atoms with Crippen molar-refractivity contribution in [3.63, 3.8) is 0 Å². The van der Waals surface area contributed by atoms with E-state index in [0.29, 0.717) is 16.6 Å². The van der Waals surface area contributed by atoms with E-state index in [1.54, 1.807) is 18.2 Å². The molecule has 1 aromatic carbocycles. The van der Waals surface area contributed by atoms with Gasteiger partial charge in [0.25, 0.3) is 5.91 Å². The van der Waals surface area contributed by atoms with Crippen molar-refractivity contribution < 1.29 is 9.90 Å². The molecule has 0 aliphatic heterocycles. The third-order valence-electron chi connectivity index (χ3n) is 2.58. The number of thiophene rings is 1. The Bertz CT molecular complexity index is 696. The molecule has 21 heavy (non-hydrogen) atoms. The van der Waals surface area contributed by atoms with Gasteiger partial charge in [0.05, 0.1) is 22.2 Å². The molecule has 0 radical (unpaired) electrons. The van der Waals surface area contributed by atoms with Gasteiger partial charge in [0.1, 0.15) is 6.61 Å². The Hall–Kier alpha value is -1.51. The molecule has 1 aromatic heterocycles. The highest BCUT2D eigenvalue weighted by Gasteiger charge is 2.14.